The van der Waals surface area contributed by atoms with Crippen LogP contribution in [-0.2, 0) is 14.3 Å². The lowest BCUT2D eigenvalue weighted by atomic mass is 9.69. The van der Waals surface area contributed by atoms with Crippen molar-refractivity contribution < 1.29 is 34.1 Å². The third kappa shape index (κ3) is 3.29. The lowest BCUT2D eigenvalue weighted by molar-refractivity contribution is -0.155. The van der Waals surface area contributed by atoms with Crippen molar-refractivity contribution in [3.63, 3.8) is 0 Å². The van der Waals surface area contributed by atoms with E-state index in [2.05, 4.69) is 4.74 Å². The third-order valence-electron chi connectivity index (χ3n) is 4.54. The number of benzene rings is 1. The molecule has 1 aliphatic heterocycles. The van der Waals surface area contributed by atoms with E-state index in [0.717, 1.165) is 25.7 Å². The molecule has 1 saturated heterocycles. The quantitative estimate of drug-likeness (QED) is 0.629. The molecule has 2 atom stereocenters. The predicted octanol–water partition coefficient (Wildman–Crippen LogP) is 2.35. The summed E-state index contributed by atoms with van der Waals surface area (Å²) in [6.45, 7) is 1.85. The molecule has 1 saturated carbocycles. The lowest BCUT2D eigenvalue weighted by Gasteiger charge is -2.29. The maximum Gasteiger partial charge on any atom is 0.336 e. The molecule has 2 N–H and O–H groups in total. The number of esters is 2. The first-order chi connectivity index (χ1) is 11.3. The molecule has 2 fully saturated rings. The highest BCUT2D eigenvalue weighted by Crippen LogP contribution is 2.46. The summed E-state index contributed by atoms with van der Waals surface area (Å²) in [5, 5.41) is 17.1. The second kappa shape index (κ2) is 6.82. The Kier molecular flexibility index (Phi) is 5.02. The minimum absolute atomic E-state index is 0.154. The van der Waals surface area contributed by atoms with Gasteiger partial charge in [0.15, 0.2) is 0 Å². The monoisotopic (exact) mass is 334 g/mol. The van der Waals surface area contributed by atoms with Crippen LogP contribution in [0.3, 0.4) is 0 Å². The number of fused-ring (bicyclic) bond motifs is 1. The van der Waals surface area contributed by atoms with E-state index in [0.29, 0.717) is 0 Å². The van der Waals surface area contributed by atoms with E-state index in [4.69, 9.17) is 10.2 Å². The van der Waals surface area contributed by atoms with E-state index in [1.807, 2.05) is 6.92 Å². The van der Waals surface area contributed by atoms with Crippen LogP contribution in [0, 0.1) is 11.3 Å². The summed E-state index contributed by atoms with van der Waals surface area (Å²) in [6, 6.07) is 5.48. The molecule has 0 aromatic heterocycles. The molecule has 0 bridgehead atoms. The van der Waals surface area contributed by atoms with Gasteiger partial charge in [-0.2, -0.15) is 0 Å². The van der Waals surface area contributed by atoms with E-state index >= 15 is 0 Å². The Morgan fingerprint density at radius 2 is 1.62 bits per heavy atom. The Morgan fingerprint density at radius 1 is 1.08 bits per heavy atom. The highest BCUT2D eigenvalue weighted by atomic mass is 16.6. The molecular formula is C17H18O7. The number of rotatable bonds is 2. The topological polar surface area (TPSA) is 118 Å². The zero-order valence-electron chi connectivity index (χ0n) is 13.2. The van der Waals surface area contributed by atoms with Gasteiger partial charge >= 0.3 is 23.9 Å². The van der Waals surface area contributed by atoms with Crippen molar-refractivity contribution in [2.45, 2.75) is 32.6 Å². The fraction of sp³-hybridized carbons (Fsp3) is 0.412. The first kappa shape index (κ1) is 17.7. The lowest BCUT2D eigenvalue weighted by Crippen LogP contribution is -2.33. The van der Waals surface area contributed by atoms with Gasteiger partial charge in [0.25, 0.3) is 0 Å². The molecule has 1 heterocycles. The second-order valence-corrected chi connectivity index (χ2v) is 6.08. The average molecular weight is 334 g/mol. The van der Waals surface area contributed by atoms with Crippen LogP contribution < -0.4 is 0 Å². The molecule has 0 radical (unpaired) electrons. The van der Waals surface area contributed by atoms with E-state index in [-0.39, 0.29) is 29.0 Å². The number of aromatic carboxylic acids is 2. The van der Waals surface area contributed by atoms with E-state index in [1.165, 1.54) is 24.3 Å². The average Bonchev–Trinajstić information content (AvgIpc) is 2.78. The first-order valence-electron chi connectivity index (χ1n) is 7.59. The van der Waals surface area contributed by atoms with Gasteiger partial charge in [0.05, 0.1) is 22.5 Å². The molecule has 0 amide bonds. The van der Waals surface area contributed by atoms with Gasteiger partial charge < -0.3 is 14.9 Å². The molecular weight excluding hydrogens is 316 g/mol. The molecule has 2 aliphatic rings. The summed E-state index contributed by atoms with van der Waals surface area (Å²) in [5.41, 5.74) is -0.870. The fourth-order valence-electron chi connectivity index (χ4n) is 3.09. The summed E-state index contributed by atoms with van der Waals surface area (Å²) in [4.78, 5) is 43.4. The molecule has 1 aromatic rings. The van der Waals surface area contributed by atoms with Crippen LogP contribution in [0.2, 0.25) is 0 Å². The van der Waals surface area contributed by atoms with Gasteiger partial charge in [0.2, 0.25) is 0 Å². The SMILES string of the molecule is CC12CCCCC1C(=O)OC2=O.O=C(O)c1ccccc1C(=O)O. The van der Waals surface area contributed by atoms with Gasteiger partial charge in [-0.1, -0.05) is 25.0 Å². The number of ether oxygens (including phenoxy) is 1. The van der Waals surface area contributed by atoms with Crippen molar-refractivity contribution >= 4 is 23.9 Å². The Morgan fingerprint density at radius 3 is 2.08 bits per heavy atom. The molecule has 2 unspecified atom stereocenters. The zero-order chi connectivity index (χ0) is 17.9. The van der Waals surface area contributed by atoms with E-state index in [9.17, 15) is 19.2 Å². The van der Waals surface area contributed by atoms with Crippen molar-refractivity contribution in [3.05, 3.63) is 35.4 Å². The number of carbonyl (C=O) groups is 4. The highest BCUT2D eigenvalue weighted by Gasteiger charge is 2.54. The molecule has 1 aromatic carbocycles. The number of hydrogen-bond donors (Lipinski definition) is 2. The third-order valence-corrected chi connectivity index (χ3v) is 4.54. The molecule has 3 rings (SSSR count). The zero-order valence-corrected chi connectivity index (χ0v) is 13.2. The Labute approximate surface area is 138 Å². The summed E-state index contributed by atoms with van der Waals surface area (Å²) in [7, 11) is 0. The highest BCUT2D eigenvalue weighted by molar-refractivity contribution is 6.01. The molecule has 7 heteroatoms. The van der Waals surface area contributed by atoms with Gasteiger partial charge in [-0.25, -0.2) is 9.59 Å². The van der Waals surface area contributed by atoms with Gasteiger partial charge in [0.1, 0.15) is 0 Å². The van der Waals surface area contributed by atoms with Gasteiger partial charge in [-0.05, 0) is 31.9 Å². The normalized spacial score (nSPS) is 25.1. The summed E-state index contributed by atoms with van der Waals surface area (Å²) in [6.07, 6.45) is 3.71. The van der Waals surface area contributed by atoms with Gasteiger partial charge in [-0.3, -0.25) is 9.59 Å². The van der Waals surface area contributed by atoms with Crippen molar-refractivity contribution in [2.24, 2.45) is 11.3 Å². The number of carboxylic acids is 2. The van der Waals surface area contributed by atoms with Crippen LogP contribution >= 0.6 is 0 Å². The molecule has 0 spiro atoms. The minimum atomic E-state index is -1.23. The van der Waals surface area contributed by atoms with Crippen LogP contribution in [0.5, 0.6) is 0 Å². The smallest absolute Gasteiger partial charge is 0.336 e. The molecule has 7 nitrogen and oxygen atoms in total. The van der Waals surface area contributed by atoms with Crippen LogP contribution in [0.4, 0.5) is 0 Å². The maximum atomic E-state index is 11.3. The molecule has 24 heavy (non-hydrogen) atoms. The Bertz CT molecular complexity index is 661. The molecule has 128 valence electrons. The number of cyclic esters (lactones) is 2. The predicted molar refractivity (Wildman–Crippen MR) is 81.5 cm³/mol. The van der Waals surface area contributed by atoms with Crippen LogP contribution in [-0.4, -0.2) is 34.1 Å². The standard InChI is InChI=1S/C9H12O3.C8H6O4/c1-9-5-3-2-4-6(9)7(10)12-8(9)11;9-7(10)5-3-1-2-4-6(5)8(11)12/h6H,2-5H2,1H3;1-4H,(H,9,10)(H,11,12). The largest absolute Gasteiger partial charge is 0.478 e. The Hall–Kier alpha value is -2.70. The number of carbonyl (C=O) groups excluding carboxylic acids is 2. The summed E-state index contributed by atoms with van der Waals surface area (Å²) >= 11 is 0. The van der Waals surface area contributed by atoms with Crippen molar-refractivity contribution in [2.75, 3.05) is 0 Å². The van der Waals surface area contributed by atoms with Crippen LogP contribution in [0.1, 0.15) is 53.3 Å². The van der Waals surface area contributed by atoms with Gasteiger partial charge in [-0.15, -0.1) is 0 Å². The fourth-order valence-corrected chi connectivity index (χ4v) is 3.09. The van der Waals surface area contributed by atoms with E-state index < -0.39 is 17.4 Å². The van der Waals surface area contributed by atoms with Crippen molar-refractivity contribution in [1.29, 1.82) is 0 Å². The summed E-state index contributed by atoms with van der Waals surface area (Å²) < 4.78 is 4.63. The Balaban J connectivity index is 0.000000174. The van der Waals surface area contributed by atoms with Crippen molar-refractivity contribution in [3.8, 4) is 0 Å². The number of carboxylic acid groups (broad SMARTS) is 2. The second-order valence-electron chi connectivity index (χ2n) is 6.08. The van der Waals surface area contributed by atoms with Crippen molar-refractivity contribution in [1.82, 2.24) is 0 Å². The maximum absolute atomic E-state index is 11.3. The molecule has 1 aliphatic carbocycles. The minimum Gasteiger partial charge on any atom is -0.478 e. The van der Waals surface area contributed by atoms with Crippen LogP contribution in [0.15, 0.2) is 24.3 Å². The van der Waals surface area contributed by atoms with E-state index in [1.54, 1.807) is 0 Å². The number of hydrogen-bond acceptors (Lipinski definition) is 5. The summed E-state index contributed by atoms with van der Waals surface area (Å²) in [5.74, 6) is -3.22. The first-order valence-corrected chi connectivity index (χ1v) is 7.59. The van der Waals surface area contributed by atoms with Gasteiger partial charge in [0, 0.05) is 0 Å². The van der Waals surface area contributed by atoms with Crippen LogP contribution in [0.25, 0.3) is 0 Å².